The lowest BCUT2D eigenvalue weighted by molar-refractivity contribution is -0.213. The van der Waals surface area contributed by atoms with Gasteiger partial charge in [-0.3, -0.25) is 14.8 Å². The summed E-state index contributed by atoms with van der Waals surface area (Å²) in [6, 6.07) is 12.9. The Morgan fingerprint density at radius 1 is 1.17 bits per heavy atom. The molecule has 0 fully saturated rings. The van der Waals surface area contributed by atoms with E-state index >= 15 is 0 Å². The van der Waals surface area contributed by atoms with Crippen LogP contribution in [0.4, 0.5) is 0 Å². The zero-order valence-electron chi connectivity index (χ0n) is 10.00. The van der Waals surface area contributed by atoms with Crippen molar-refractivity contribution in [1.29, 1.82) is 0 Å². The molecule has 4 heteroatoms. The summed E-state index contributed by atoms with van der Waals surface area (Å²) in [4.78, 5) is 24.6. The average Bonchev–Trinajstić information content (AvgIpc) is 2.46. The summed E-state index contributed by atoms with van der Waals surface area (Å²) in [7, 11) is 0. The number of hydrogen-bond acceptors (Lipinski definition) is 4. The summed E-state index contributed by atoms with van der Waals surface area (Å²) < 4.78 is 0. The molecule has 1 aromatic carbocycles. The van der Waals surface area contributed by atoms with Crippen LogP contribution in [0.5, 0.6) is 5.75 Å². The fourth-order valence-corrected chi connectivity index (χ4v) is 1.37. The third-order valence-corrected chi connectivity index (χ3v) is 2.33. The van der Waals surface area contributed by atoms with Crippen molar-refractivity contribution in [2.24, 2.45) is 0 Å². The van der Waals surface area contributed by atoms with E-state index in [1.807, 2.05) is 30.3 Å². The molecule has 0 unspecified atom stereocenters. The standard InChI is InChI=1S/C14H13NO3/c1-2-14(16)18-17-12-8-6-11(7-9-12)13-5-3-4-10-15-13/h3-10H,2H2,1H3. The lowest BCUT2D eigenvalue weighted by atomic mass is 10.1. The van der Waals surface area contributed by atoms with Crippen molar-refractivity contribution >= 4 is 5.97 Å². The Kier molecular flexibility index (Phi) is 3.91. The Hall–Kier alpha value is -2.36. The van der Waals surface area contributed by atoms with E-state index in [2.05, 4.69) is 9.87 Å². The molecule has 2 aromatic rings. The van der Waals surface area contributed by atoms with Crippen LogP contribution in [-0.4, -0.2) is 11.0 Å². The van der Waals surface area contributed by atoms with Gasteiger partial charge in [0.15, 0.2) is 5.75 Å². The second-order valence-electron chi connectivity index (χ2n) is 3.63. The average molecular weight is 243 g/mol. The molecule has 0 N–H and O–H groups in total. The first-order chi connectivity index (χ1) is 8.79. The highest BCUT2D eigenvalue weighted by Gasteiger charge is 2.03. The van der Waals surface area contributed by atoms with E-state index in [4.69, 9.17) is 4.89 Å². The summed E-state index contributed by atoms with van der Waals surface area (Å²) in [5, 5.41) is 0. The molecule has 2 rings (SSSR count). The summed E-state index contributed by atoms with van der Waals surface area (Å²) in [6.07, 6.45) is 2.02. The van der Waals surface area contributed by atoms with E-state index in [0.29, 0.717) is 5.75 Å². The highest BCUT2D eigenvalue weighted by Crippen LogP contribution is 2.20. The second kappa shape index (κ2) is 5.82. The predicted octanol–water partition coefficient (Wildman–Crippen LogP) is 3.00. The van der Waals surface area contributed by atoms with Gasteiger partial charge in [-0.25, -0.2) is 4.79 Å². The summed E-state index contributed by atoms with van der Waals surface area (Å²) in [5.41, 5.74) is 1.86. The fraction of sp³-hybridized carbons (Fsp3) is 0.143. The Bertz CT molecular complexity index is 508. The van der Waals surface area contributed by atoms with Crippen molar-refractivity contribution in [3.05, 3.63) is 48.7 Å². The van der Waals surface area contributed by atoms with Crippen LogP contribution in [0.25, 0.3) is 11.3 Å². The molecule has 18 heavy (non-hydrogen) atoms. The van der Waals surface area contributed by atoms with Crippen molar-refractivity contribution < 1.29 is 14.6 Å². The largest absolute Gasteiger partial charge is 0.355 e. The van der Waals surface area contributed by atoms with Gasteiger partial charge in [-0.2, -0.15) is 0 Å². The Labute approximate surface area is 105 Å². The first-order valence-corrected chi connectivity index (χ1v) is 5.68. The molecule has 0 spiro atoms. The topological polar surface area (TPSA) is 48.4 Å². The van der Waals surface area contributed by atoms with Crippen LogP contribution in [0.2, 0.25) is 0 Å². The van der Waals surface area contributed by atoms with Crippen LogP contribution >= 0.6 is 0 Å². The number of pyridine rings is 1. The van der Waals surface area contributed by atoms with Gasteiger partial charge in [-0.15, -0.1) is 0 Å². The van der Waals surface area contributed by atoms with Gasteiger partial charge in [-0.05, 0) is 36.4 Å². The Morgan fingerprint density at radius 3 is 2.56 bits per heavy atom. The molecule has 92 valence electrons. The van der Waals surface area contributed by atoms with Crippen molar-refractivity contribution in [3.63, 3.8) is 0 Å². The van der Waals surface area contributed by atoms with Crippen LogP contribution in [-0.2, 0) is 9.68 Å². The van der Waals surface area contributed by atoms with Crippen LogP contribution in [0, 0.1) is 0 Å². The number of rotatable bonds is 4. The third kappa shape index (κ3) is 3.07. The first-order valence-electron chi connectivity index (χ1n) is 5.68. The Balaban J connectivity index is 2.04. The molecule has 0 aliphatic carbocycles. The SMILES string of the molecule is CCC(=O)OOc1ccc(-c2ccccn2)cc1. The highest BCUT2D eigenvalue weighted by molar-refractivity contribution is 5.68. The monoisotopic (exact) mass is 243 g/mol. The fourth-order valence-electron chi connectivity index (χ4n) is 1.37. The van der Waals surface area contributed by atoms with Crippen molar-refractivity contribution in [1.82, 2.24) is 4.98 Å². The van der Waals surface area contributed by atoms with Crippen LogP contribution in [0.15, 0.2) is 48.7 Å². The summed E-state index contributed by atoms with van der Waals surface area (Å²) >= 11 is 0. The molecule has 4 nitrogen and oxygen atoms in total. The van der Waals surface area contributed by atoms with Crippen LogP contribution in [0.3, 0.4) is 0 Å². The maximum Gasteiger partial charge on any atom is 0.355 e. The van der Waals surface area contributed by atoms with Crippen LogP contribution < -0.4 is 4.89 Å². The number of aromatic nitrogens is 1. The van der Waals surface area contributed by atoms with E-state index < -0.39 is 5.97 Å². The van der Waals surface area contributed by atoms with E-state index in [9.17, 15) is 4.79 Å². The minimum absolute atomic E-state index is 0.284. The molecule has 0 bridgehead atoms. The lowest BCUT2D eigenvalue weighted by Crippen LogP contribution is -2.05. The maximum absolute atomic E-state index is 10.9. The second-order valence-corrected chi connectivity index (χ2v) is 3.63. The molecule has 1 aromatic heterocycles. The molecule has 0 aliphatic heterocycles. The number of carbonyl (C=O) groups is 1. The van der Waals surface area contributed by atoms with Crippen molar-refractivity contribution in [2.45, 2.75) is 13.3 Å². The minimum Gasteiger partial charge on any atom is -0.287 e. The first kappa shape index (κ1) is 12.1. The molecule has 0 amide bonds. The number of hydrogen-bond donors (Lipinski definition) is 0. The van der Waals surface area contributed by atoms with E-state index in [-0.39, 0.29) is 6.42 Å². The maximum atomic E-state index is 10.9. The number of carbonyl (C=O) groups excluding carboxylic acids is 1. The van der Waals surface area contributed by atoms with Gasteiger partial charge in [0.25, 0.3) is 0 Å². The minimum atomic E-state index is -0.399. The highest BCUT2D eigenvalue weighted by atomic mass is 17.2. The van der Waals surface area contributed by atoms with Gasteiger partial charge < -0.3 is 0 Å². The molecule has 0 saturated heterocycles. The summed E-state index contributed by atoms with van der Waals surface area (Å²) in [6.45, 7) is 1.70. The molecule has 0 aliphatic rings. The van der Waals surface area contributed by atoms with E-state index in [0.717, 1.165) is 11.3 Å². The molecular formula is C14H13NO3. The van der Waals surface area contributed by atoms with Crippen molar-refractivity contribution in [2.75, 3.05) is 0 Å². The quantitative estimate of drug-likeness (QED) is 0.611. The van der Waals surface area contributed by atoms with Gasteiger partial charge >= 0.3 is 5.97 Å². The third-order valence-electron chi connectivity index (χ3n) is 2.33. The van der Waals surface area contributed by atoms with Gasteiger partial charge in [0.2, 0.25) is 0 Å². The molecular weight excluding hydrogens is 230 g/mol. The van der Waals surface area contributed by atoms with Gasteiger partial charge in [0, 0.05) is 18.2 Å². The van der Waals surface area contributed by atoms with Crippen LogP contribution in [0.1, 0.15) is 13.3 Å². The lowest BCUT2D eigenvalue weighted by Gasteiger charge is -2.04. The molecule has 0 atom stereocenters. The smallest absolute Gasteiger partial charge is 0.287 e. The molecule has 0 radical (unpaired) electrons. The van der Waals surface area contributed by atoms with Gasteiger partial charge in [-0.1, -0.05) is 13.0 Å². The van der Waals surface area contributed by atoms with Gasteiger partial charge in [0.1, 0.15) is 0 Å². The molecule has 1 heterocycles. The van der Waals surface area contributed by atoms with E-state index in [1.54, 1.807) is 25.3 Å². The van der Waals surface area contributed by atoms with Crippen molar-refractivity contribution in [3.8, 4) is 17.0 Å². The van der Waals surface area contributed by atoms with Gasteiger partial charge in [0.05, 0.1) is 5.69 Å². The zero-order valence-corrected chi connectivity index (χ0v) is 10.00. The summed E-state index contributed by atoms with van der Waals surface area (Å²) in [5.74, 6) is 0.0836. The normalized spacial score (nSPS) is 9.83. The Morgan fingerprint density at radius 2 is 1.94 bits per heavy atom. The zero-order chi connectivity index (χ0) is 12.8. The van der Waals surface area contributed by atoms with E-state index in [1.165, 1.54) is 0 Å². The predicted molar refractivity (Wildman–Crippen MR) is 66.7 cm³/mol. The number of nitrogens with zero attached hydrogens (tertiary/aromatic N) is 1. The molecule has 0 saturated carbocycles. The number of benzene rings is 1.